The van der Waals surface area contributed by atoms with E-state index >= 15 is 0 Å². The van der Waals surface area contributed by atoms with Crippen molar-refractivity contribution in [2.24, 2.45) is 0 Å². The summed E-state index contributed by atoms with van der Waals surface area (Å²) in [6, 6.07) is 31.6. The quantitative estimate of drug-likeness (QED) is 0.460. The largest absolute Gasteiger partial charge is 0.0673 e. The van der Waals surface area contributed by atoms with Gasteiger partial charge in [0.2, 0.25) is 0 Å². The van der Waals surface area contributed by atoms with Gasteiger partial charge in [0.05, 0.1) is 5.41 Å². The topological polar surface area (TPSA) is 0 Å². The van der Waals surface area contributed by atoms with Crippen LogP contribution in [0.1, 0.15) is 60.8 Å². The SMILES string of the molecule is c1ccc(C2(c3ccccc3)C3=C(CCCCCC3)c3ccccc32)cc1. The van der Waals surface area contributed by atoms with E-state index in [4.69, 9.17) is 0 Å². The summed E-state index contributed by atoms with van der Waals surface area (Å²) in [5.41, 5.74) is 8.94. The van der Waals surface area contributed by atoms with Crippen molar-refractivity contribution in [3.63, 3.8) is 0 Å². The van der Waals surface area contributed by atoms with Gasteiger partial charge in [0.1, 0.15) is 0 Å². The average molecular weight is 351 g/mol. The number of rotatable bonds is 2. The molecule has 2 aliphatic carbocycles. The van der Waals surface area contributed by atoms with Crippen LogP contribution in [0.2, 0.25) is 0 Å². The molecule has 0 atom stereocenters. The van der Waals surface area contributed by atoms with E-state index in [1.807, 2.05) is 0 Å². The Kier molecular flexibility index (Phi) is 4.20. The smallest absolute Gasteiger partial charge is 0.0622 e. The van der Waals surface area contributed by atoms with Crippen LogP contribution in [0.3, 0.4) is 0 Å². The summed E-state index contributed by atoms with van der Waals surface area (Å²) in [4.78, 5) is 0. The van der Waals surface area contributed by atoms with Crippen molar-refractivity contribution in [3.05, 3.63) is 113 Å². The van der Waals surface area contributed by atoms with Gasteiger partial charge in [-0.25, -0.2) is 0 Å². The monoisotopic (exact) mass is 350 g/mol. The Morgan fingerprint density at radius 1 is 0.519 bits per heavy atom. The molecule has 134 valence electrons. The minimum atomic E-state index is -0.133. The highest BCUT2D eigenvalue weighted by Crippen LogP contribution is 2.57. The third kappa shape index (κ3) is 2.51. The van der Waals surface area contributed by atoms with E-state index in [9.17, 15) is 0 Å². The van der Waals surface area contributed by atoms with Crippen molar-refractivity contribution in [1.82, 2.24) is 0 Å². The molecule has 0 saturated carbocycles. The van der Waals surface area contributed by atoms with E-state index < -0.39 is 0 Å². The van der Waals surface area contributed by atoms with Crippen molar-refractivity contribution >= 4 is 5.57 Å². The number of hydrogen-bond donors (Lipinski definition) is 0. The molecule has 0 saturated heterocycles. The van der Waals surface area contributed by atoms with Gasteiger partial charge >= 0.3 is 0 Å². The van der Waals surface area contributed by atoms with E-state index in [2.05, 4.69) is 84.9 Å². The van der Waals surface area contributed by atoms with Gasteiger partial charge in [0, 0.05) is 0 Å². The summed E-state index contributed by atoms with van der Waals surface area (Å²) in [5, 5.41) is 0. The molecule has 0 aliphatic heterocycles. The fourth-order valence-corrected chi connectivity index (χ4v) is 5.41. The molecular formula is C27H26. The zero-order chi connectivity index (χ0) is 18.1. The van der Waals surface area contributed by atoms with Gasteiger partial charge in [0.25, 0.3) is 0 Å². The summed E-state index contributed by atoms with van der Waals surface area (Å²) < 4.78 is 0. The molecule has 0 unspecified atom stereocenters. The highest BCUT2D eigenvalue weighted by Gasteiger charge is 2.46. The highest BCUT2D eigenvalue weighted by atomic mass is 14.5. The lowest BCUT2D eigenvalue weighted by Crippen LogP contribution is -2.30. The first-order valence-electron chi connectivity index (χ1n) is 10.4. The molecule has 3 aromatic carbocycles. The Hall–Kier alpha value is -2.60. The van der Waals surface area contributed by atoms with Crippen molar-refractivity contribution in [1.29, 1.82) is 0 Å². The maximum absolute atomic E-state index is 2.38. The first-order valence-corrected chi connectivity index (χ1v) is 10.4. The molecule has 0 spiro atoms. The Morgan fingerprint density at radius 2 is 1.07 bits per heavy atom. The summed E-state index contributed by atoms with van der Waals surface area (Å²) in [5.74, 6) is 0. The highest BCUT2D eigenvalue weighted by molar-refractivity contribution is 5.85. The molecule has 0 heteroatoms. The summed E-state index contributed by atoms with van der Waals surface area (Å²) in [7, 11) is 0. The minimum absolute atomic E-state index is 0.133. The number of benzene rings is 3. The molecule has 0 fully saturated rings. The van der Waals surface area contributed by atoms with Crippen LogP contribution in [0.4, 0.5) is 0 Å². The predicted octanol–water partition coefficient (Wildman–Crippen LogP) is 7.14. The third-order valence-corrected chi connectivity index (χ3v) is 6.49. The van der Waals surface area contributed by atoms with Crippen LogP contribution in [-0.2, 0) is 5.41 Å². The van der Waals surface area contributed by atoms with Gasteiger partial charge in [-0.2, -0.15) is 0 Å². The molecule has 5 rings (SSSR count). The molecule has 0 nitrogen and oxygen atoms in total. The van der Waals surface area contributed by atoms with Crippen LogP contribution in [0.5, 0.6) is 0 Å². The van der Waals surface area contributed by atoms with Crippen LogP contribution >= 0.6 is 0 Å². The molecule has 27 heavy (non-hydrogen) atoms. The summed E-state index contributed by atoms with van der Waals surface area (Å²) in [6.45, 7) is 0. The van der Waals surface area contributed by atoms with Crippen LogP contribution in [-0.4, -0.2) is 0 Å². The zero-order valence-corrected chi connectivity index (χ0v) is 15.8. The number of fused-ring (bicyclic) bond motifs is 2. The minimum Gasteiger partial charge on any atom is -0.0622 e. The Labute approximate surface area is 162 Å². The fraction of sp³-hybridized carbons (Fsp3) is 0.259. The molecule has 0 bridgehead atoms. The number of hydrogen-bond acceptors (Lipinski definition) is 0. The van der Waals surface area contributed by atoms with Crippen LogP contribution in [0.25, 0.3) is 5.57 Å². The lowest BCUT2D eigenvalue weighted by molar-refractivity contribution is 0.598. The zero-order valence-electron chi connectivity index (χ0n) is 15.8. The maximum atomic E-state index is 2.38. The number of allylic oxidation sites excluding steroid dienone is 2. The molecule has 0 amide bonds. The van der Waals surface area contributed by atoms with Crippen LogP contribution < -0.4 is 0 Å². The molecule has 0 radical (unpaired) electrons. The molecule has 0 N–H and O–H groups in total. The molecule has 2 aliphatic rings. The first-order chi connectivity index (χ1) is 13.4. The van der Waals surface area contributed by atoms with Crippen LogP contribution in [0.15, 0.2) is 90.5 Å². The molecule has 0 heterocycles. The normalized spacial score (nSPS) is 18.4. The summed E-state index contributed by atoms with van der Waals surface area (Å²) in [6.07, 6.45) is 7.75. The molecular weight excluding hydrogens is 324 g/mol. The van der Waals surface area contributed by atoms with E-state index in [1.165, 1.54) is 60.8 Å². The Morgan fingerprint density at radius 3 is 1.74 bits per heavy atom. The summed E-state index contributed by atoms with van der Waals surface area (Å²) >= 11 is 0. The molecule has 0 aromatic heterocycles. The lowest BCUT2D eigenvalue weighted by Gasteiger charge is -2.36. The standard InChI is InChI=1S/C27H26/c1-2-10-19-25-23(17-9-1)24-18-11-12-20-26(24)27(25,21-13-5-3-6-14-21)22-15-7-4-8-16-22/h3-8,11-16,18,20H,1-2,9-10,17,19H2. The van der Waals surface area contributed by atoms with Gasteiger partial charge in [-0.3, -0.25) is 0 Å². The van der Waals surface area contributed by atoms with Gasteiger partial charge in [-0.15, -0.1) is 0 Å². The van der Waals surface area contributed by atoms with E-state index in [1.54, 1.807) is 11.1 Å². The van der Waals surface area contributed by atoms with Gasteiger partial charge in [-0.1, -0.05) is 97.8 Å². The lowest BCUT2D eigenvalue weighted by atomic mass is 9.65. The first kappa shape index (κ1) is 16.6. The predicted molar refractivity (Wildman–Crippen MR) is 114 cm³/mol. The second-order valence-corrected chi connectivity index (χ2v) is 7.90. The second-order valence-electron chi connectivity index (χ2n) is 7.90. The van der Waals surface area contributed by atoms with Gasteiger partial charge < -0.3 is 0 Å². The Balaban J connectivity index is 1.88. The van der Waals surface area contributed by atoms with Crippen molar-refractivity contribution < 1.29 is 0 Å². The van der Waals surface area contributed by atoms with E-state index in [-0.39, 0.29) is 5.41 Å². The second kappa shape index (κ2) is 6.85. The Bertz CT molecular complexity index is 924. The fourth-order valence-electron chi connectivity index (χ4n) is 5.41. The van der Waals surface area contributed by atoms with E-state index in [0.717, 1.165) is 0 Å². The van der Waals surface area contributed by atoms with Crippen molar-refractivity contribution in [2.75, 3.05) is 0 Å². The average Bonchev–Trinajstić information content (AvgIpc) is 2.99. The van der Waals surface area contributed by atoms with Crippen LogP contribution in [0, 0.1) is 0 Å². The van der Waals surface area contributed by atoms with Gasteiger partial charge in [-0.05, 0) is 59.1 Å². The van der Waals surface area contributed by atoms with Gasteiger partial charge in [0.15, 0.2) is 0 Å². The molecule has 3 aromatic rings. The van der Waals surface area contributed by atoms with Crippen molar-refractivity contribution in [2.45, 2.75) is 43.9 Å². The third-order valence-electron chi connectivity index (χ3n) is 6.49. The maximum Gasteiger partial charge on any atom is 0.0673 e. The van der Waals surface area contributed by atoms with Crippen molar-refractivity contribution in [3.8, 4) is 0 Å². The van der Waals surface area contributed by atoms with E-state index in [0.29, 0.717) is 0 Å².